The van der Waals surface area contributed by atoms with Gasteiger partial charge in [0.05, 0.1) is 0 Å². The number of nitrogens with one attached hydrogen (secondary N) is 1. The maximum Gasteiger partial charge on any atom is 0.246 e. The van der Waals surface area contributed by atoms with Gasteiger partial charge in [-0.15, -0.1) is 0 Å². The van der Waals surface area contributed by atoms with Crippen LogP contribution in [0.3, 0.4) is 0 Å². The average Bonchev–Trinajstić information content (AvgIpc) is 2.97. The molecule has 2 atom stereocenters. The lowest BCUT2D eigenvalue weighted by Gasteiger charge is -2.39. The molecule has 0 unspecified atom stereocenters. The molecule has 1 heterocycles. The molecular formula is C33H35N3O3. The van der Waals surface area contributed by atoms with Crippen LogP contribution in [0.2, 0.25) is 0 Å². The van der Waals surface area contributed by atoms with Gasteiger partial charge in [0, 0.05) is 13.0 Å². The lowest BCUT2D eigenvalue weighted by atomic mass is 9.94. The number of nitrogens with two attached hydrogens (primary N) is 1. The first-order chi connectivity index (χ1) is 19.1. The highest BCUT2D eigenvalue weighted by atomic mass is 16.5. The predicted octanol–water partition coefficient (Wildman–Crippen LogP) is 4.99. The Labute approximate surface area is 229 Å². The molecule has 0 aromatic heterocycles. The van der Waals surface area contributed by atoms with E-state index in [0.29, 0.717) is 32.5 Å². The molecule has 0 saturated carbocycles. The molecule has 4 aromatic rings. The fourth-order valence-corrected chi connectivity index (χ4v) is 5.24. The number of carbonyl (C=O) groups is 2. The van der Waals surface area contributed by atoms with E-state index < -0.39 is 12.1 Å². The maximum atomic E-state index is 13.8. The van der Waals surface area contributed by atoms with Gasteiger partial charge in [-0.3, -0.25) is 9.59 Å². The third-order valence-electron chi connectivity index (χ3n) is 7.34. The Balaban J connectivity index is 1.32. The third-order valence-corrected chi connectivity index (χ3v) is 7.34. The zero-order chi connectivity index (χ0) is 27.0. The topological polar surface area (TPSA) is 84.7 Å². The van der Waals surface area contributed by atoms with E-state index in [9.17, 15) is 9.59 Å². The van der Waals surface area contributed by atoms with Crippen molar-refractivity contribution in [1.82, 2.24) is 10.2 Å². The van der Waals surface area contributed by atoms with Crippen molar-refractivity contribution in [2.24, 2.45) is 5.73 Å². The first-order valence-electron chi connectivity index (χ1n) is 13.7. The molecule has 200 valence electrons. The van der Waals surface area contributed by atoms with E-state index in [-0.39, 0.29) is 11.8 Å². The van der Waals surface area contributed by atoms with E-state index in [0.717, 1.165) is 46.1 Å². The van der Waals surface area contributed by atoms with Crippen LogP contribution >= 0.6 is 0 Å². The van der Waals surface area contributed by atoms with Crippen molar-refractivity contribution < 1.29 is 14.3 Å². The van der Waals surface area contributed by atoms with Crippen molar-refractivity contribution in [2.75, 3.05) is 6.54 Å². The smallest absolute Gasteiger partial charge is 0.246 e. The summed E-state index contributed by atoms with van der Waals surface area (Å²) < 4.78 is 5.92. The summed E-state index contributed by atoms with van der Waals surface area (Å²) in [6, 6.07) is 30.9. The summed E-state index contributed by atoms with van der Waals surface area (Å²) in [5.41, 5.74) is 8.81. The largest absolute Gasteiger partial charge is 0.489 e. The number of fused-ring (bicyclic) bond motifs is 1. The first kappa shape index (κ1) is 26.4. The van der Waals surface area contributed by atoms with Crippen LogP contribution in [0.4, 0.5) is 0 Å². The number of amides is 2. The molecule has 3 N–H and O–H groups in total. The zero-order valence-electron chi connectivity index (χ0n) is 22.1. The molecule has 1 aliphatic heterocycles. The minimum absolute atomic E-state index is 0.0512. The summed E-state index contributed by atoms with van der Waals surface area (Å²) in [6.45, 7) is 1.42. The van der Waals surface area contributed by atoms with E-state index in [1.165, 1.54) is 0 Å². The number of rotatable bonds is 11. The molecular weight excluding hydrogens is 486 g/mol. The fraction of sp³-hybridized carbons (Fsp3) is 0.273. The standard InChI is InChI=1S/C33H35N3O3/c34-20-7-6-15-31-32(37)35-30(21-27-13-8-12-26-11-4-5-14-29(26)27)33(38)36(31)22-24-16-18-28(19-17-24)39-23-25-9-2-1-3-10-25/h1-5,8-14,16-19,30-31H,6-7,15,20-23,34H2,(H,35,37)/t30-,31-/m0/s1. The van der Waals surface area contributed by atoms with Crippen LogP contribution in [-0.2, 0) is 29.2 Å². The highest BCUT2D eigenvalue weighted by Gasteiger charge is 2.40. The number of unbranched alkanes of at least 4 members (excludes halogenated alkanes) is 1. The Morgan fingerprint density at radius 3 is 2.33 bits per heavy atom. The molecule has 4 aromatic carbocycles. The third kappa shape index (κ3) is 6.47. The van der Waals surface area contributed by atoms with Gasteiger partial charge in [0.25, 0.3) is 0 Å². The van der Waals surface area contributed by atoms with E-state index in [4.69, 9.17) is 10.5 Å². The van der Waals surface area contributed by atoms with E-state index in [1.54, 1.807) is 4.90 Å². The quantitative estimate of drug-likeness (QED) is 0.273. The summed E-state index contributed by atoms with van der Waals surface area (Å²) in [7, 11) is 0. The van der Waals surface area contributed by atoms with Crippen LogP contribution < -0.4 is 15.8 Å². The van der Waals surface area contributed by atoms with Crippen LogP contribution in [0.1, 0.15) is 36.0 Å². The number of piperazine rings is 1. The van der Waals surface area contributed by atoms with Gasteiger partial charge in [0.2, 0.25) is 11.8 Å². The minimum Gasteiger partial charge on any atom is -0.489 e. The van der Waals surface area contributed by atoms with Crippen LogP contribution in [0.15, 0.2) is 97.1 Å². The number of carbonyl (C=O) groups excluding carboxylic acids is 2. The van der Waals surface area contributed by atoms with Crippen LogP contribution in [0.25, 0.3) is 10.8 Å². The number of nitrogens with zero attached hydrogens (tertiary/aromatic N) is 1. The molecule has 1 saturated heterocycles. The Kier molecular flexibility index (Phi) is 8.54. The van der Waals surface area contributed by atoms with Crippen molar-refractivity contribution in [3.63, 3.8) is 0 Å². The molecule has 0 spiro atoms. The van der Waals surface area contributed by atoms with Crippen LogP contribution in [-0.4, -0.2) is 35.3 Å². The van der Waals surface area contributed by atoms with Crippen molar-refractivity contribution >= 4 is 22.6 Å². The molecule has 0 radical (unpaired) electrons. The normalized spacial score (nSPS) is 17.3. The van der Waals surface area contributed by atoms with E-state index in [1.807, 2.05) is 78.9 Å². The molecule has 0 bridgehead atoms. The van der Waals surface area contributed by atoms with Crippen molar-refractivity contribution in [3.05, 3.63) is 114 Å². The molecule has 0 aliphatic carbocycles. The summed E-state index contributed by atoms with van der Waals surface area (Å²) >= 11 is 0. The second-order valence-electron chi connectivity index (χ2n) is 10.1. The minimum atomic E-state index is -0.609. The lowest BCUT2D eigenvalue weighted by Crippen LogP contribution is -2.63. The van der Waals surface area contributed by atoms with Gasteiger partial charge in [-0.05, 0) is 65.4 Å². The van der Waals surface area contributed by atoms with Crippen LogP contribution in [0.5, 0.6) is 5.75 Å². The Hall–Kier alpha value is -4.16. The highest BCUT2D eigenvalue weighted by molar-refractivity contribution is 5.97. The lowest BCUT2D eigenvalue weighted by molar-refractivity contribution is -0.150. The van der Waals surface area contributed by atoms with Gasteiger partial charge < -0.3 is 20.7 Å². The van der Waals surface area contributed by atoms with Crippen LogP contribution in [0, 0.1) is 0 Å². The molecule has 1 fully saturated rings. The molecule has 6 nitrogen and oxygen atoms in total. The second-order valence-corrected chi connectivity index (χ2v) is 10.1. The number of benzene rings is 4. The fourth-order valence-electron chi connectivity index (χ4n) is 5.24. The summed E-state index contributed by atoms with van der Waals surface area (Å²) in [5, 5.41) is 5.25. The van der Waals surface area contributed by atoms with Gasteiger partial charge in [-0.25, -0.2) is 0 Å². The van der Waals surface area contributed by atoms with Crippen molar-refractivity contribution in [2.45, 2.75) is 50.9 Å². The monoisotopic (exact) mass is 521 g/mol. The number of hydrogen-bond donors (Lipinski definition) is 2. The predicted molar refractivity (Wildman–Crippen MR) is 154 cm³/mol. The van der Waals surface area contributed by atoms with E-state index >= 15 is 0 Å². The highest BCUT2D eigenvalue weighted by Crippen LogP contribution is 2.25. The summed E-state index contributed by atoms with van der Waals surface area (Å²) in [5.74, 6) is 0.614. The van der Waals surface area contributed by atoms with Gasteiger partial charge in [0.15, 0.2) is 0 Å². The Bertz CT molecular complexity index is 1400. The molecule has 6 heteroatoms. The molecule has 1 aliphatic rings. The van der Waals surface area contributed by atoms with Gasteiger partial charge in [-0.2, -0.15) is 0 Å². The number of hydrogen-bond acceptors (Lipinski definition) is 4. The van der Waals surface area contributed by atoms with Crippen molar-refractivity contribution in [1.29, 1.82) is 0 Å². The molecule has 39 heavy (non-hydrogen) atoms. The zero-order valence-corrected chi connectivity index (χ0v) is 22.1. The number of ether oxygens (including phenoxy) is 1. The molecule has 5 rings (SSSR count). The van der Waals surface area contributed by atoms with Crippen molar-refractivity contribution in [3.8, 4) is 5.75 Å². The van der Waals surface area contributed by atoms with Gasteiger partial charge >= 0.3 is 0 Å². The second kappa shape index (κ2) is 12.6. The maximum absolute atomic E-state index is 13.8. The van der Waals surface area contributed by atoms with Gasteiger partial charge in [-0.1, -0.05) is 84.9 Å². The first-order valence-corrected chi connectivity index (χ1v) is 13.7. The summed E-state index contributed by atoms with van der Waals surface area (Å²) in [6.07, 6.45) is 2.65. The Morgan fingerprint density at radius 1 is 0.795 bits per heavy atom. The van der Waals surface area contributed by atoms with Gasteiger partial charge in [0.1, 0.15) is 24.4 Å². The average molecular weight is 522 g/mol. The molecule has 2 amide bonds. The SMILES string of the molecule is NCCCC[C@H]1C(=O)N[C@@H](Cc2cccc3ccccc23)C(=O)N1Cc1ccc(OCc2ccccc2)cc1. The van der Waals surface area contributed by atoms with E-state index in [2.05, 4.69) is 23.5 Å². The summed E-state index contributed by atoms with van der Waals surface area (Å²) in [4.78, 5) is 28.9. The Morgan fingerprint density at radius 2 is 1.54 bits per heavy atom.